The summed E-state index contributed by atoms with van der Waals surface area (Å²) in [5, 5.41) is 11.8. The monoisotopic (exact) mass is 506 g/mol. The smallest absolute Gasteiger partial charge is 0.337 e. The molecular formula is C24H22N6O5S. The van der Waals surface area contributed by atoms with Gasteiger partial charge in [-0.3, -0.25) is 19.1 Å². The number of aryl methyl sites for hydroxylation is 1. The molecule has 0 fully saturated rings. The predicted octanol–water partition coefficient (Wildman–Crippen LogP) is 2.06. The van der Waals surface area contributed by atoms with Gasteiger partial charge in [-0.15, -0.1) is 10.2 Å². The van der Waals surface area contributed by atoms with E-state index >= 15 is 0 Å². The Kier molecular flexibility index (Phi) is 7.44. The molecule has 0 unspecified atom stereocenters. The van der Waals surface area contributed by atoms with Gasteiger partial charge in [-0.25, -0.2) is 9.59 Å². The lowest BCUT2D eigenvalue weighted by atomic mass is 10.2. The van der Waals surface area contributed by atoms with Crippen LogP contribution in [0.25, 0.3) is 5.69 Å². The average Bonchev–Trinajstić information content (AvgIpc) is 3.24. The lowest BCUT2D eigenvalue weighted by Gasteiger charge is -2.11. The summed E-state index contributed by atoms with van der Waals surface area (Å²) < 4.78 is 6.46. The number of H-pyrrole nitrogens is 2. The predicted molar refractivity (Wildman–Crippen MR) is 134 cm³/mol. The van der Waals surface area contributed by atoms with Crippen LogP contribution in [0.3, 0.4) is 0 Å². The van der Waals surface area contributed by atoms with Gasteiger partial charge in [0.15, 0.2) is 5.16 Å². The minimum Gasteiger partial charge on any atom is -0.465 e. The normalized spacial score (nSPS) is 10.7. The van der Waals surface area contributed by atoms with Gasteiger partial charge in [0.1, 0.15) is 5.82 Å². The van der Waals surface area contributed by atoms with Crippen LogP contribution in [0.4, 0.5) is 5.69 Å². The van der Waals surface area contributed by atoms with Gasteiger partial charge in [0.05, 0.1) is 18.4 Å². The lowest BCUT2D eigenvalue weighted by molar-refractivity contribution is -0.113. The first-order valence-corrected chi connectivity index (χ1v) is 11.8. The molecule has 4 aromatic rings. The fourth-order valence-corrected chi connectivity index (χ4v) is 4.23. The minimum absolute atomic E-state index is 0.0462. The molecule has 0 saturated heterocycles. The number of carbonyl (C=O) groups excluding carboxylic acids is 2. The zero-order chi connectivity index (χ0) is 25.7. The van der Waals surface area contributed by atoms with Crippen molar-refractivity contribution in [2.45, 2.75) is 18.5 Å². The first-order valence-electron chi connectivity index (χ1n) is 10.8. The summed E-state index contributed by atoms with van der Waals surface area (Å²) in [5.41, 5.74) is 1.98. The molecule has 0 radical (unpaired) electrons. The van der Waals surface area contributed by atoms with Crippen LogP contribution in [-0.2, 0) is 16.0 Å². The zero-order valence-electron chi connectivity index (χ0n) is 19.4. The Morgan fingerprint density at radius 1 is 1.06 bits per heavy atom. The number of thioether (sulfide) groups is 1. The summed E-state index contributed by atoms with van der Waals surface area (Å²) in [6.45, 7) is 1.95. The Morgan fingerprint density at radius 2 is 1.83 bits per heavy atom. The summed E-state index contributed by atoms with van der Waals surface area (Å²) in [4.78, 5) is 52.3. The van der Waals surface area contributed by atoms with Crippen molar-refractivity contribution in [2.75, 3.05) is 18.2 Å². The molecule has 2 aromatic heterocycles. The number of rotatable bonds is 8. The van der Waals surface area contributed by atoms with E-state index in [1.807, 2.05) is 31.2 Å². The molecule has 0 saturated carbocycles. The molecule has 184 valence electrons. The van der Waals surface area contributed by atoms with E-state index in [0.717, 1.165) is 11.3 Å². The number of nitrogens with one attached hydrogen (secondary N) is 3. The molecule has 2 aromatic carbocycles. The van der Waals surface area contributed by atoms with Gasteiger partial charge >= 0.3 is 11.7 Å². The summed E-state index contributed by atoms with van der Waals surface area (Å²) in [5.74, 6) is -0.197. The van der Waals surface area contributed by atoms with Crippen molar-refractivity contribution in [3.63, 3.8) is 0 Å². The Labute approximate surface area is 208 Å². The van der Waals surface area contributed by atoms with E-state index in [-0.39, 0.29) is 18.1 Å². The summed E-state index contributed by atoms with van der Waals surface area (Å²) in [6.07, 6.45) is 0.152. The second kappa shape index (κ2) is 10.9. The Morgan fingerprint density at radius 3 is 2.53 bits per heavy atom. The van der Waals surface area contributed by atoms with Gasteiger partial charge in [0.25, 0.3) is 5.56 Å². The molecule has 0 aliphatic heterocycles. The maximum absolute atomic E-state index is 12.6. The second-order valence-corrected chi connectivity index (χ2v) is 8.71. The maximum Gasteiger partial charge on any atom is 0.337 e. The van der Waals surface area contributed by atoms with Gasteiger partial charge in [-0.05, 0) is 48.9 Å². The van der Waals surface area contributed by atoms with Gasteiger partial charge in [-0.2, -0.15) is 0 Å². The highest BCUT2D eigenvalue weighted by Crippen LogP contribution is 2.24. The number of carbonyl (C=O) groups is 2. The quantitative estimate of drug-likeness (QED) is 0.243. The van der Waals surface area contributed by atoms with Crippen LogP contribution in [0.2, 0.25) is 0 Å². The van der Waals surface area contributed by atoms with Crippen molar-refractivity contribution in [1.82, 2.24) is 24.7 Å². The number of esters is 1. The Hall–Kier alpha value is -4.45. The van der Waals surface area contributed by atoms with Crippen molar-refractivity contribution in [3.8, 4) is 5.69 Å². The number of aromatic nitrogens is 5. The molecular weight excluding hydrogens is 484 g/mol. The third-order valence-corrected chi connectivity index (χ3v) is 5.98. The van der Waals surface area contributed by atoms with Gasteiger partial charge < -0.3 is 15.0 Å². The lowest BCUT2D eigenvalue weighted by Crippen LogP contribution is -2.23. The van der Waals surface area contributed by atoms with Crippen molar-refractivity contribution in [3.05, 3.63) is 98.1 Å². The molecule has 11 nitrogen and oxygen atoms in total. The molecule has 0 aliphatic carbocycles. The van der Waals surface area contributed by atoms with Crippen LogP contribution in [0, 0.1) is 6.92 Å². The third kappa shape index (κ3) is 5.96. The minimum atomic E-state index is -0.606. The Balaban J connectivity index is 1.54. The molecule has 0 aliphatic rings. The van der Waals surface area contributed by atoms with Crippen molar-refractivity contribution in [1.29, 1.82) is 0 Å². The fourth-order valence-electron chi connectivity index (χ4n) is 3.45. The number of hydrogen-bond donors (Lipinski definition) is 3. The molecule has 4 rings (SSSR count). The summed E-state index contributed by atoms with van der Waals surface area (Å²) in [6, 6.07) is 15.3. The van der Waals surface area contributed by atoms with E-state index in [2.05, 4.69) is 30.2 Å². The maximum atomic E-state index is 12.6. The molecule has 1 amide bonds. The third-order valence-electron chi connectivity index (χ3n) is 5.05. The number of hydrogen-bond acceptors (Lipinski definition) is 8. The molecule has 12 heteroatoms. The van der Waals surface area contributed by atoms with Gasteiger partial charge in [0.2, 0.25) is 5.91 Å². The van der Waals surface area contributed by atoms with Gasteiger partial charge in [0, 0.05) is 29.6 Å². The molecule has 0 bridgehead atoms. The van der Waals surface area contributed by atoms with E-state index in [0.29, 0.717) is 27.9 Å². The van der Waals surface area contributed by atoms with E-state index < -0.39 is 17.2 Å². The summed E-state index contributed by atoms with van der Waals surface area (Å²) in [7, 11) is 1.30. The highest BCUT2D eigenvalue weighted by Gasteiger charge is 2.17. The average molecular weight is 507 g/mol. The number of ether oxygens (including phenoxy) is 1. The van der Waals surface area contributed by atoms with Crippen molar-refractivity contribution in [2.24, 2.45) is 0 Å². The van der Waals surface area contributed by atoms with E-state index in [1.165, 1.54) is 24.9 Å². The number of methoxy groups -OCH3 is 1. The van der Waals surface area contributed by atoms with Crippen LogP contribution in [0.15, 0.2) is 69.3 Å². The highest BCUT2D eigenvalue weighted by molar-refractivity contribution is 7.99. The number of amides is 1. The second-order valence-electron chi connectivity index (χ2n) is 7.77. The molecule has 3 N–H and O–H groups in total. The number of anilines is 1. The van der Waals surface area contributed by atoms with E-state index in [9.17, 15) is 19.2 Å². The summed E-state index contributed by atoms with van der Waals surface area (Å²) >= 11 is 1.19. The fraction of sp³-hybridized carbons (Fsp3) is 0.167. The number of aromatic amines is 2. The first-order chi connectivity index (χ1) is 17.3. The number of nitrogens with zero attached hydrogens (tertiary/aromatic N) is 3. The molecule has 0 atom stereocenters. The van der Waals surface area contributed by atoms with Crippen LogP contribution < -0.4 is 16.6 Å². The zero-order valence-corrected chi connectivity index (χ0v) is 20.2. The van der Waals surface area contributed by atoms with E-state index in [4.69, 9.17) is 0 Å². The van der Waals surface area contributed by atoms with Crippen LogP contribution >= 0.6 is 11.8 Å². The van der Waals surface area contributed by atoms with Crippen LogP contribution in [0.5, 0.6) is 0 Å². The van der Waals surface area contributed by atoms with E-state index in [1.54, 1.807) is 28.8 Å². The topological polar surface area (TPSA) is 152 Å². The standard InChI is InChI=1S/C24H22N6O5S/c1-14-4-3-5-18(10-14)30-19(11-17-12-20(31)27-23(34)26-17)28-29-24(30)36-13-21(32)25-16-8-6-15(7-9-16)22(33)35-2/h3-10,12H,11,13H2,1-2H3,(H,25,32)(H2,26,27,31,34). The largest absolute Gasteiger partial charge is 0.465 e. The molecule has 0 spiro atoms. The Bertz CT molecular complexity index is 1490. The first kappa shape index (κ1) is 24.7. The van der Waals surface area contributed by atoms with Gasteiger partial charge in [-0.1, -0.05) is 23.9 Å². The van der Waals surface area contributed by atoms with Crippen LogP contribution in [-0.4, -0.2) is 49.5 Å². The SMILES string of the molecule is COC(=O)c1ccc(NC(=O)CSc2nnc(Cc3cc(=O)[nH]c(=O)[nH]3)n2-c2cccc(C)c2)cc1. The molecule has 2 heterocycles. The number of benzene rings is 2. The van der Waals surface area contributed by atoms with Crippen molar-refractivity contribution < 1.29 is 14.3 Å². The van der Waals surface area contributed by atoms with Crippen LogP contribution in [0.1, 0.15) is 27.4 Å². The molecule has 36 heavy (non-hydrogen) atoms. The van der Waals surface area contributed by atoms with Crippen molar-refractivity contribution >= 4 is 29.3 Å². The highest BCUT2D eigenvalue weighted by atomic mass is 32.2.